The zero-order valence-corrected chi connectivity index (χ0v) is 16.0. The molecule has 2 N–H and O–H groups in total. The maximum Gasteiger partial charge on any atom is 0.347 e. The van der Waals surface area contributed by atoms with Crippen LogP contribution in [-0.2, 0) is 10.4 Å². The maximum absolute atomic E-state index is 12.6. The van der Waals surface area contributed by atoms with Crippen LogP contribution in [0.5, 0.6) is 5.75 Å². The fraction of sp³-hybridized carbons (Fsp3) is 0.381. The minimum Gasteiger partial charge on any atom is -0.478 e. The molecule has 1 aromatic heterocycles. The van der Waals surface area contributed by atoms with E-state index < -0.39 is 17.2 Å². The van der Waals surface area contributed by atoms with Gasteiger partial charge in [-0.25, -0.2) is 4.79 Å². The third-order valence-corrected chi connectivity index (χ3v) is 5.07. The summed E-state index contributed by atoms with van der Waals surface area (Å²) in [7, 11) is 0. The lowest BCUT2D eigenvalue weighted by Gasteiger charge is -2.39. The molecule has 1 amide bonds. The van der Waals surface area contributed by atoms with Crippen molar-refractivity contribution in [3.8, 4) is 5.75 Å². The molecule has 1 aliphatic rings. The van der Waals surface area contributed by atoms with E-state index in [-0.39, 0.29) is 5.91 Å². The van der Waals surface area contributed by atoms with Gasteiger partial charge >= 0.3 is 5.97 Å². The van der Waals surface area contributed by atoms with Crippen molar-refractivity contribution in [2.24, 2.45) is 0 Å². The van der Waals surface area contributed by atoms with Crippen LogP contribution in [0.25, 0.3) is 0 Å². The Hall–Kier alpha value is -2.93. The Bertz CT molecular complexity index is 858. The Labute approximate surface area is 163 Å². The van der Waals surface area contributed by atoms with Crippen molar-refractivity contribution in [2.45, 2.75) is 37.9 Å². The summed E-state index contributed by atoms with van der Waals surface area (Å²) >= 11 is 0. The average molecular weight is 384 g/mol. The smallest absolute Gasteiger partial charge is 0.347 e. The van der Waals surface area contributed by atoms with Crippen LogP contribution in [0, 0.1) is 0 Å². The first-order chi connectivity index (χ1) is 13.2. The van der Waals surface area contributed by atoms with Crippen molar-refractivity contribution >= 4 is 11.9 Å². The van der Waals surface area contributed by atoms with Crippen LogP contribution >= 0.6 is 0 Å². The summed E-state index contributed by atoms with van der Waals surface area (Å²) in [4.78, 5) is 29.6. The molecule has 0 unspecified atom stereocenters. The molecule has 28 heavy (non-hydrogen) atoms. The number of ether oxygens (including phenoxy) is 1. The van der Waals surface area contributed by atoms with Crippen molar-refractivity contribution in [3.63, 3.8) is 0 Å². The summed E-state index contributed by atoms with van der Waals surface area (Å²) in [6.07, 6.45) is 3.81. The van der Waals surface area contributed by atoms with Crippen LogP contribution in [0.4, 0.5) is 0 Å². The number of benzene rings is 1. The molecule has 148 valence electrons. The van der Waals surface area contributed by atoms with Crippen LogP contribution in [0.3, 0.4) is 0 Å². The van der Waals surface area contributed by atoms with Crippen LogP contribution in [-0.4, -0.2) is 50.7 Å². The van der Waals surface area contributed by atoms with Gasteiger partial charge in [0.25, 0.3) is 5.91 Å². The largest absolute Gasteiger partial charge is 0.478 e. The highest BCUT2D eigenvalue weighted by Crippen LogP contribution is 2.39. The number of carbonyl (C=O) groups is 2. The standard InChI is InChI=1S/C21H24N2O5/c1-20(2,19(25)26)28-17-6-4-3-5-16(17)21(27)9-13-23(14-10-21)18(24)15-7-11-22-12-8-15/h3-8,11-12,27H,9-10,13-14H2,1-2H3,(H,25,26). The van der Waals surface area contributed by atoms with E-state index in [1.807, 2.05) is 0 Å². The van der Waals surface area contributed by atoms with Gasteiger partial charge in [0.05, 0.1) is 5.60 Å². The first-order valence-corrected chi connectivity index (χ1v) is 9.16. The number of carbonyl (C=O) groups excluding carboxylic acids is 1. The Kier molecular flexibility index (Phi) is 5.38. The lowest BCUT2D eigenvalue weighted by atomic mass is 9.83. The van der Waals surface area contributed by atoms with Gasteiger partial charge in [0.1, 0.15) is 5.75 Å². The molecule has 7 heteroatoms. The van der Waals surface area contributed by atoms with Crippen LogP contribution < -0.4 is 4.74 Å². The minimum absolute atomic E-state index is 0.0963. The van der Waals surface area contributed by atoms with Crippen molar-refractivity contribution < 1.29 is 24.5 Å². The number of likely N-dealkylation sites (tertiary alicyclic amines) is 1. The van der Waals surface area contributed by atoms with E-state index in [2.05, 4.69) is 4.98 Å². The number of aliphatic hydroxyl groups is 1. The number of carboxylic acid groups (broad SMARTS) is 1. The monoisotopic (exact) mass is 384 g/mol. The van der Waals surface area contributed by atoms with E-state index >= 15 is 0 Å². The van der Waals surface area contributed by atoms with E-state index in [9.17, 15) is 19.8 Å². The summed E-state index contributed by atoms with van der Waals surface area (Å²) in [5.41, 5.74) is -1.52. The Morgan fingerprint density at radius 2 is 1.71 bits per heavy atom. The molecular formula is C21H24N2O5. The van der Waals surface area contributed by atoms with E-state index in [4.69, 9.17) is 4.74 Å². The van der Waals surface area contributed by atoms with E-state index in [0.29, 0.717) is 42.8 Å². The van der Waals surface area contributed by atoms with Crippen molar-refractivity contribution in [2.75, 3.05) is 13.1 Å². The Morgan fingerprint density at radius 1 is 1.11 bits per heavy atom. The third kappa shape index (κ3) is 3.99. The van der Waals surface area contributed by atoms with Crippen LogP contribution in [0.2, 0.25) is 0 Å². The van der Waals surface area contributed by atoms with E-state index in [1.165, 1.54) is 13.8 Å². The van der Waals surface area contributed by atoms with E-state index in [1.54, 1.807) is 53.7 Å². The number of amides is 1. The normalized spacial score (nSPS) is 16.5. The molecule has 1 saturated heterocycles. The molecule has 7 nitrogen and oxygen atoms in total. The first-order valence-electron chi connectivity index (χ1n) is 9.16. The number of piperidine rings is 1. The van der Waals surface area contributed by atoms with Gasteiger partial charge in [0.2, 0.25) is 0 Å². The molecule has 3 rings (SSSR count). The number of rotatable bonds is 5. The zero-order valence-electron chi connectivity index (χ0n) is 16.0. The second-order valence-electron chi connectivity index (χ2n) is 7.47. The van der Waals surface area contributed by atoms with Gasteiger partial charge in [-0.1, -0.05) is 18.2 Å². The van der Waals surface area contributed by atoms with Crippen molar-refractivity contribution in [1.29, 1.82) is 0 Å². The zero-order chi connectivity index (χ0) is 20.4. The lowest BCUT2D eigenvalue weighted by molar-refractivity contribution is -0.152. The molecule has 1 aliphatic heterocycles. The van der Waals surface area contributed by atoms with Crippen LogP contribution in [0.1, 0.15) is 42.6 Å². The number of nitrogens with zero attached hydrogens (tertiary/aromatic N) is 2. The highest BCUT2D eigenvalue weighted by atomic mass is 16.5. The molecule has 0 saturated carbocycles. The molecule has 0 aliphatic carbocycles. The molecule has 2 aromatic rings. The lowest BCUT2D eigenvalue weighted by Crippen LogP contribution is -2.46. The van der Waals surface area contributed by atoms with Gasteiger partial charge in [-0.05, 0) is 44.9 Å². The number of para-hydroxylation sites is 1. The Morgan fingerprint density at radius 3 is 2.32 bits per heavy atom. The minimum atomic E-state index is -1.43. The number of aromatic nitrogens is 1. The highest BCUT2D eigenvalue weighted by molar-refractivity contribution is 5.94. The predicted molar refractivity (Wildman–Crippen MR) is 102 cm³/mol. The van der Waals surface area contributed by atoms with Gasteiger partial charge in [-0.3, -0.25) is 9.78 Å². The van der Waals surface area contributed by atoms with Gasteiger partial charge in [0, 0.05) is 36.6 Å². The van der Waals surface area contributed by atoms with Gasteiger partial charge in [-0.15, -0.1) is 0 Å². The summed E-state index contributed by atoms with van der Waals surface area (Å²) in [5.74, 6) is -0.848. The fourth-order valence-electron chi connectivity index (χ4n) is 3.28. The van der Waals surface area contributed by atoms with Crippen molar-refractivity contribution in [3.05, 3.63) is 59.9 Å². The fourth-order valence-corrected chi connectivity index (χ4v) is 3.28. The highest BCUT2D eigenvalue weighted by Gasteiger charge is 2.39. The molecule has 1 aromatic carbocycles. The van der Waals surface area contributed by atoms with Gasteiger partial charge < -0.3 is 19.8 Å². The van der Waals surface area contributed by atoms with E-state index in [0.717, 1.165) is 0 Å². The number of pyridine rings is 1. The molecule has 0 atom stereocenters. The summed E-state index contributed by atoms with van der Waals surface area (Å²) in [6.45, 7) is 3.70. The summed E-state index contributed by atoms with van der Waals surface area (Å²) in [6, 6.07) is 10.3. The molecular weight excluding hydrogens is 360 g/mol. The maximum atomic E-state index is 12.6. The number of carboxylic acids is 1. The summed E-state index contributed by atoms with van der Waals surface area (Å²) < 4.78 is 5.71. The predicted octanol–water partition coefficient (Wildman–Crippen LogP) is 2.45. The molecule has 1 fully saturated rings. The number of hydrogen-bond acceptors (Lipinski definition) is 5. The van der Waals surface area contributed by atoms with Gasteiger partial charge in [0.15, 0.2) is 5.60 Å². The molecule has 0 spiro atoms. The SMILES string of the molecule is CC(C)(Oc1ccccc1C1(O)CCN(C(=O)c2ccncc2)CC1)C(=O)O. The Balaban J connectivity index is 1.77. The topological polar surface area (TPSA) is 100.0 Å². The van der Waals surface area contributed by atoms with Crippen molar-refractivity contribution in [1.82, 2.24) is 9.88 Å². The average Bonchev–Trinajstić information content (AvgIpc) is 2.68. The van der Waals surface area contributed by atoms with Gasteiger partial charge in [-0.2, -0.15) is 0 Å². The second kappa shape index (κ2) is 7.59. The quantitative estimate of drug-likeness (QED) is 0.821. The summed E-state index contributed by atoms with van der Waals surface area (Å²) in [5, 5.41) is 20.6. The number of hydrogen-bond donors (Lipinski definition) is 2. The molecule has 0 bridgehead atoms. The second-order valence-corrected chi connectivity index (χ2v) is 7.47. The first kappa shape index (κ1) is 19.8. The number of aliphatic carboxylic acids is 1. The molecule has 2 heterocycles. The third-order valence-electron chi connectivity index (χ3n) is 5.07. The molecule has 0 radical (unpaired) electrons. The van der Waals surface area contributed by atoms with Crippen LogP contribution in [0.15, 0.2) is 48.8 Å².